The first kappa shape index (κ1) is 15.3. The quantitative estimate of drug-likeness (QED) is 0.794. The Bertz CT molecular complexity index is 743. The van der Waals surface area contributed by atoms with Gasteiger partial charge >= 0.3 is 0 Å². The number of alkyl halides is 1. The molecule has 1 amide bonds. The van der Waals surface area contributed by atoms with Crippen molar-refractivity contribution >= 4 is 11.7 Å². The molecule has 0 bridgehead atoms. The van der Waals surface area contributed by atoms with Gasteiger partial charge in [-0.15, -0.1) is 0 Å². The number of benzene rings is 1. The molecule has 0 N–H and O–H groups in total. The van der Waals surface area contributed by atoms with Gasteiger partial charge in [-0.05, 0) is 37.0 Å². The molecular weight excluding hydrogens is 316 g/mol. The summed E-state index contributed by atoms with van der Waals surface area (Å²) < 4.78 is 32.8. The number of carbonyl (C=O) groups excluding carboxylic acids is 2. The average Bonchev–Trinajstić information content (AvgIpc) is 2.82. The zero-order chi connectivity index (χ0) is 17.0. The highest BCUT2D eigenvalue weighted by molar-refractivity contribution is 6.11. The van der Waals surface area contributed by atoms with Gasteiger partial charge in [-0.1, -0.05) is 12.1 Å². The molecule has 0 saturated heterocycles. The monoisotopic (exact) mass is 333 g/mol. The molecule has 0 radical (unpaired) electrons. The zero-order valence-corrected chi connectivity index (χ0v) is 13.2. The molecule has 2 aliphatic heterocycles. The molecule has 2 heterocycles. The highest BCUT2D eigenvalue weighted by atomic mass is 19.1. The summed E-state index contributed by atoms with van der Waals surface area (Å²) in [4.78, 5) is 26.9. The van der Waals surface area contributed by atoms with Crippen LogP contribution in [0.25, 0.3) is 0 Å². The van der Waals surface area contributed by atoms with Crippen molar-refractivity contribution in [3.8, 4) is 0 Å². The van der Waals surface area contributed by atoms with Gasteiger partial charge in [0.25, 0.3) is 5.91 Å². The maximum Gasteiger partial charge on any atom is 0.289 e. The third-order valence-electron chi connectivity index (χ3n) is 5.20. The van der Waals surface area contributed by atoms with Gasteiger partial charge in [0.2, 0.25) is 0 Å². The van der Waals surface area contributed by atoms with Crippen molar-refractivity contribution in [3.63, 3.8) is 0 Å². The summed E-state index contributed by atoms with van der Waals surface area (Å²) in [5.41, 5.74) is 0.921. The number of hydrogen-bond acceptors (Lipinski definition) is 3. The SMILES string of the molecule is CN1C(=O)C2=C(C(=O)C3CC(F)CCC3O2)C1c1ccc(F)cc1. The number of halogens is 2. The number of ketones is 1. The average molecular weight is 333 g/mol. The fraction of sp³-hybridized carbons (Fsp3) is 0.444. The molecule has 4 rings (SSSR count). The van der Waals surface area contributed by atoms with Gasteiger partial charge < -0.3 is 9.64 Å². The topological polar surface area (TPSA) is 46.6 Å². The lowest BCUT2D eigenvalue weighted by atomic mass is 9.77. The maximum atomic E-state index is 13.7. The van der Waals surface area contributed by atoms with Gasteiger partial charge in [0.05, 0.1) is 17.5 Å². The molecule has 4 atom stereocenters. The third kappa shape index (κ3) is 2.16. The van der Waals surface area contributed by atoms with Crippen LogP contribution in [0.4, 0.5) is 8.78 Å². The lowest BCUT2D eigenvalue weighted by Crippen LogP contribution is -2.42. The summed E-state index contributed by atoms with van der Waals surface area (Å²) in [5, 5.41) is 0. The summed E-state index contributed by atoms with van der Waals surface area (Å²) in [6.45, 7) is 0. The van der Waals surface area contributed by atoms with Crippen LogP contribution >= 0.6 is 0 Å². The third-order valence-corrected chi connectivity index (χ3v) is 5.20. The molecule has 6 heteroatoms. The molecule has 1 aliphatic carbocycles. The lowest BCUT2D eigenvalue weighted by molar-refractivity contribution is -0.135. The van der Waals surface area contributed by atoms with E-state index in [-0.39, 0.29) is 29.4 Å². The van der Waals surface area contributed by atoms with E-state index in [1.54, 1.807) is 19.2 Å². The van der Waals surface area contributed by atoms with Crippen LogP contribution in [0.2, 0.25) is 0 Å². The molecule has 4 nitrogen and oxygen atoms in total. The maximum absolute atomic E-state index is 13.7. The van der Waals surface area contributed by atoms with Crippen LogP contribution in [0.3, 0.4) is 0 Å². The molecule has 1 saturated carbocycles. The fourth-order valence-corrected chi connectivity index (χ4v) is 3.97. The molecule has 1 fully saturated rings. The van der Waals surface area contributed by atoms with E-state index in [0.717, 1.165) is 0 Å². The van der Waals surface area contributed by atoms with E-state index in [9.17, 15) is 18.4 Å². The van der Waals surface area contributed by atoms with Crippen molar-refractivity contribution in [2.24, 2.45) is 5.92 Å². The van der Waals surface area contributed by atoms with Gasteiger partial charge in [-0.2, -0.15) is 0 Å². The van der Waals surface area contributed by atoms with Crippen molar-refractivity contribution in [1.29, 1.82) is 0 Å². The second kappa shape index (κ2) is 5.40. The molecule has 4 unspecified atom stereocenters. The number of likely N-dealkylation sites (N-methyl/N-ethyl adjacent to an activating group) is 1. The summed E-state index contributed by atoms with van der Waals surface area (Å²) >= 11 is 0. The minimum absolute atomic E-state index is 0.0791. The minimum Gasteiger partial charge on any atom is -0.483 e. The van der Waals surface area contributed by atoms with Crippen LogP contribution in [0, 0.1) is 11.7 Å². The zero-order valence-electron chi connectivity index (χ0n) is 13.2. The van der Waals surface area contributed by atoms with Crippen LogP contribution in [0.1, 0.15) is 30.9 Å². The number of ether oxygens (including phenoxy) is 1. The standard InChI is InChI=1S/C18H17F2NO3/c1-21-15(9-2-4-10(19)5-3-9)14-16(22)12-8-11(20)6-7-13(12)24-17(14)18(21)23/h2-5,11-13,15H,6-8H2,1H3. The van der Waals surface area contributed by atoms with Crippen LogP contribution < -0.4 is 0 Å². The number of hydrogen-bond donors (Lipinski definition) is 0. The Morgan fingerprint density at radius 3 is 2.58 bits per heavy atom. The Morgan fingerprint density at radius 2 is 1.88 bits per heavy atom. The Balaban J connectivity index is 1.77. The van der Waals surface area contributed by atoms with Crippen molar-refractivity contribution in [2.45, 2.75) is 37.6 Å². The first-order valence-corrected chi connectivity index (χ1v) is 8.09. The van der Waals surface area contributed by atoms with E-state index in [0.29, 0.717) is 18.4 Å². The van der Waals surface area contributed by atoms with Crippen molar-refractivity contribution in [1.82, 2.24) is 4.90 Å². The molecule has 126 valence electrons. The molecule has 1 aromatic carbocycles. The molecule has 3 aliphatic rings. The van der Waals surface area contributed by atoms with Crippen LogP contribution in [0.5, 0.6) is 0 Å². The van der Waals surface area contributed by atoms with Crippen LogP contribution in [0.15, 0.2) is 35.6 Å². The molecule has 0 aromatic heterocycles. The number of Topliss-reactive ketones (excluding diaryl/α,β-unsaturated/α-hetero) is 1. The number of fused-ring (bicyclic) bond motifs is 1. The molecule has 24 heavy (non-hydrogen) atoms. The lowest BCUT2D eigenvalue weighted by Gasteiger charge is -2.36. The normalized spacial score (nSPS) is 32.5. The van der Waals surface area contributed by atoms with Crippen molar-refractivity contribution in [2.75, 3.05) is 7.05 Å². The first-order chi connectivity index (χ1) is 11.5. The minimum atomic E-state index is -1.01. The Labute approximate surface area is 138 Å². The number of nitrogens with zero attached hydrogens (tertiary/aromatic N) is 1. The van der Waals surface area contributed by atoms with Gasteiger partial charge in [0.1, 0.15) is 18.1 Å². The predicted octanol–water partition coefficient (Wildman–Crippen LogP) is 2.70. The second-order valence-electron chi connectivity index (χ2n) is 6.65. The van der Waals surface area contributed by atoms with Crippen molar-refractivity contribution in [3.05, 3.63) is 47.0 Å². The number of amides is 1. The number of rotatable bonds is 1. The Kier molecular flexibility index (Phi) is 3.44. The van der Waals surface area contributed by atoms with Gasteiger partial charge in [0, 0.05) is 7.05 Å². The first-order valence-electron chi connectivity index (χ1n) is 8.09. The second-order valence-corrected chi connectivity index (χ2v) is 6.65. The summed E-state index contributed by atoms with van der Waals surface area (Å²) in [5.74, 6) is -1.42. The molecule has 1 aromatic rings. The highest BCUT2D eigenvalue weighted by Gasteiger charge is 2.51. The number of carbonyl (C=O) groups is 2. The van der Waals surface area contributed by atoms with E-state index in [1.807, 2.05) is 0 Å². The summed E-state index contributed by atoms with van der Waals surface area (Å²) in [7, 11) is 1.59. The fourth-order valence-electron chi connectivity index (χ4n) is 3.97. The largest absolute Gasteiger partial charge is 0.483 e. The van der Waals surface area contributed by atoms with Gasteiger partial charge in [-0.25, -0.2) is 8.78 Å². The molecular formula is C18H17F2NO3. The summed E-state index contributed by atoms with van der Waals surface area (Å²) in [6.07, 6.45) is -0.517. The summed E-state index contributed by atoms with van der Waals surface area (Å²) in [6, 6.07) is 5.08. The van der Waals surface area contributed by atoms with E-state index < -0.39 is 30.1 Å². The van der Waals surface area contributed by atoms with Crippen molar-refractivity contribution < 1.29 is 23.1 Å². The van der Waals surface area contributed by atoms with E-state index in [2.05, 4.69) is 0 Å². The van der Waals surface area contributed by atoms with E-state index in [4.69, 9.17) is 4.74 Å². The highest BCUT2D eigenvalue weighted by Crippen LogP contribution is 2.46. The van der Waals surface area contributed by atoms with Gasteiger partial charge in [-0.3, -0.25) is 9.59 Å². The van der Waals surface area contributed by atoms with E-state index in [1.165, 1.54) is 17.0 Å². The van der Waals surface area contributed by atoms with Crippen LogP contribution in [-0.4, -0.2) is 35.9 Å². The smallest absolute Gasteiger partial charge is 0.289 e. The van der Waals surface area contributed by atoms with Gasteiger partial charge in [0.15, 0.2) is 11.5 Å². The van der Waals surface area contributed by atoms with Crippen LogP contribution in [-0.2, 0) is 14.3 Å². The Morgan fingerprint density at radius 1 is 1.17 bits per heavy atom. The Hall–Kier alpha value is -2.24. The van der Waals surface area contributed by atoms with E-state index >= 15 is 0 Å². The molecule has 0 spiro atoms. The predicted molar refractivity (Wildman–Crippen MR) is 81.1 cm³/mol.